The summed E-state index contributed by atoms with van der Waals surface area (Å²) < 4.78 is 10.8. The summed E-state index contributed by atoms with van der Waals surface area (Å²) in [5, 5.41) is 0. The van der Waals surface area contributed by atoms with E-state index >= 15 is 0 Å². The number of aryl methyl sites for hydroxylation is 1. The summed E-state index contributed by atoms with van der Waals surface area (Å²) in [6.45, 7) is 7.69. The summed E-state index contributed by atoms with van der Waals surface area (Å²) in [4.78, 5) is 0. The Morgan fingerprint density at radius 2 is 2.06 bits per heavy atom. The maximum absolute atomic E-state index is 6.36. The number of methoxy groups -OCH3 is 1. The van der Waals surface area contributed by atoms with Crippen LogP contribution >= 0.6 is 0 Å². The first-order chi connectivity index (χ1) is 8.44. The zero-order valence-electron chi connectivity index (χ0n) is 11.7. The molecule has 1 fully saturated rings. The van der Waals surface area contributed by atoms with Crippen LogP contribution in [-0.2, 0) is 16.6 Å². The van der Waals surface area contributed by atoms with Gasteiger partial charge in [-0.1, -0.05) is 19.1 Å². The Bertz CT molecular complexity index is 431. The third-order valence-electron chi connectivity index (χ3n) is 4.14. The molecule has 100 valence electrons. The minimum absolute atomic E-state index is 0.0663. The second-order valence-corrected chi connectivity index (χ2v) is 5.68. The minimum Gasteiger partial charge on any atom is -0.496 e. The first-order valence-corrected chi connectivity index (χ1v) is 6.48. The van der Waals surface area contributed by atoms with E-state index in [1.165, 1.54) is 11.1 Å². The number of nitrogens with two attached hydrogens (primary N) is 1. The molecule has 0 bridgehead atoms. The van der Waals surface area contributed by atoms with Crippen LogP contribution in [0.4, 0.5) is 0 Å². The fraction of sp³-hybridized carbons (Fsp3) is 0.600. The van der Waals surface area contributed by atoms with Crippen molar-refractivity contribution in [3.8, 4) is 5.75 Å². The van der Waals surface area contributed by atoms with Crippen molar-refractivity contribution >= 4 is 0 Å². The van der Waals surface area contributed by atoms with Crippen molar-refractivity contribution in [1.29, 1.82) is 0 Å². The zero-order valence-corrected chi connectivity index (χ0v) is 11.7. The predicted octanol–water partition coefficient (Wildman–Crippen LogP) is 2.26. The molecule has 1 saturated heterocycles. The van der Waals surface area contributed by atoms with E-state index in [2.05, 4.69) is 32.9 Å². The van der Waals surface area contributed by atoms with E-state index in [1.807, 2.05) is 6.07 Å². The van der Waals surface area contributed by atoms with E-state index in [0.29, 0.717) is 13.2 Å². The van der Waals surface area contributed by atoms with Crippen LogP contribution in [0.2, 0.25) is 0 Å². The van der Waals surface area contributed by atoms with Gasteiger partial charge in [-0.2, -0.15) is 0 Å². The number of hydrogen-bond acceptors (Lipinski definition) is 3. The molecule has 18 heavy (non-hydrogen) atoms. The largest absolute Gasteiger partial charge is 0.496 e. The average molecular weight is 249 g/mol. The van der Waals surface area contributed by atoms with Gasteiger partial charge in [-0.3, -0.25) is 0 Å². The number of rotatable bonds is 4. The lowest BCUT2D eigenvalue weighted by Gasteiger charge is -2.51. The Labute approximate surface area is 109 Å². The van der Waals surface area contributed by atoms with Crippen molar-refractivity contribution < 1.29 is 9.47 Å². The van der Waals surface area contributed by atoms with Gasteiger partial charge in [0.05, 0.1) is 25.7 Å². The Morgan fingerprint density at radius 3 is 2.44 bits per heavy atom. The molecule has 1 heterocycles. The molecule has 3 heteroatoms. The first-order valence-electron chi connectivity index (χ1n) is 6.48. The van der Waals surface area contributed by atoms with E-state index < -0.39 is 0 Å². The number of hydrogen-bond donors (Lipinski definition) is 1. The summed E-state index contributed by atoms with van der Waals surface area (Å²) in [7, 11) is 1.71. The SMILES string of the molecule is CCc1cc(C2(C(C)(C)N)COC2)ccc1OC. The van der Waals surface area contributed by atoms with E-state index in [0.717, 1.165) is 12.2 Å². The van der Waals surface area contributed by atoms with E-state index in [1.54, 1.807) is 7.11 Å². The van der Waals surface area contributed by atoms with Gasteiger partial charge in [0, 0.05) is 5.54 Å². The van der Waals surface area contributed by atoms with Crippen molar-refractivity contribution in [1.82, 2.24) is 0 Å². The highest BCUT2D eigenvalue weighted by atomic mass is 16.5. The standard InChI is InChI=1S/C15H23NO2/c1-5-11-8-12(6-7-13(11)17-4)15(9-18-10-15)14(2,3)16/h6-8H,5,9-10,16H2,1-4H3. The van der Waals surface area contributed by atoms with Crippen LogP contribution in [0.1, 0.15) is 31.9 Å². The molecule has 3 nitrogen and oxygen atoms in total. The molecule has 0 saturated carbocycles. The fourth-order valence-corrected chi connectivity index (χ4v) is 2.57. The topological polar surface area (TPSA) is 44.5 Å². The molecule has 1 aliphatic rings. The highest BCUT2D eigenvalue weighted by Gasteiger charge is 2.50. The van der Waals surface area contributed by atoms with Gasteiger partial charge in [-0.25, -0.2) is 0 Å². The maximum atomic E-state index is 6.36. The molecule has 2 rings (SSSR count). The lowest BCUT2D eigenvalue weighted by atomic mass is 9.65. The van der Waals surface area contributed by atoms with Gasteiger partial charge in [0.2, 0.25) is 0 Å². The van der Waals surface area contributed by atoms with Crippen LogP contribution in [0.3, 0.4) is 0 Å². The van der Waals surface area contributed by atoms with Gasteiger partial charge in [-0.05, 0) is 37.5 Å². The molecule has 0 radical (unpaired) electrons. The van der Waals surface area contributed by atoms with Crippen LogP contribution in [0, 0.1) is 0 Å². The molecule has 0 aromatic heterocycles. The average Bonchev–Trinajstić information content (AvgIpc) is 2.25. The Morgan fingerprint density at radius 1 is 1.39 bits per heavy atom. The van der Waals surface area contributed by atoms with E-state index in [9.17, 15) is 0 Å². The van der Waals surface area contributed by atoms with Crippen molar-refractivity contribution in [3.05, 3.63) is 29.3 Å². The molecule has 1 aromatic rings. The summed E-state index contributed by atoms with van der Waals surface area (Å²) in [5.41, 5.74) is 8.50. The predicted molar refractivity (Wildman–Crippen MR) is 73.1 cm³/mol. The normalized spacial score (nSPS) is 18.3. The van der Waals surface area contributed by atoms with Gasteiger partial charge in [0.1, 0.15) is 5.75 Å². The van der Waals surface area contributed by atoms with Gasteiger partial charge in [-0.15, -0.1) is 0 Å². The molecule has 1 aromatic carbocycles. The lowest BCUT2D eigenvalue weighted by molar-refractivity contribution is -0.0919. The second kappa shape index (κ2) is 4.56. The monoisotopic (exact) mass is 249 g/mol. The third kappa shape index (κ3) is 1.91. The van der Waals surface area contributed by atoms with Gasteiger partial charge in [0.25, 0.3) is 0 Å². The summed E-state index contributed by atoms with van der Waals surface area (Å²) >= 11 is 0. The lowest BCUT2D eigenvalue weighted by Crippen LogP contribution is -2.64. The minimum atomic E-state index is -0.287. The highest BCUT2D eigenvalue weighted by Crippen LogP contribution is 2.41. The Balaban J connectivity index is 2.44. The molecular weight excluding hydrogens is 226 g/mol. The highest BCUT2D eigenvalue weighted by molar-refractivity contribution is 5.43. The van der Waals surface area contributed by atoms with Crippen molar-refractivity contribution in [2.24, 2.45) is 5.73 Å². The van der Waals surface area contributed by atoms with Gasteiger partial charge < -0.3 is 15.2 Å². The second-order valence-electron chi connectivity index (χ2n) is 5.68. The van der Waals surface area contributed by atoms with Crippen LogP contribution in [0.15, 0.2) is 18.2 Å². The summed E-state index contributed by atoms with van der Waals surface area (Å²) in [6, 6.07) is 6.38. The van der Waals surface area contributed by atoms with Crippen molar-refractivity contribution in [2.45, 2.75) is 38.1 Å². The van der Waals surface area contributed by atoms with Crippen molar-refractivity contribution in [3.63, 3.8) is 0 Å². The van der Waals surface area contributed by atoms with Gasteiger partial charge in [0.15, 0.2) is 0 Å². The summed E-state index contributed by atoms with van der Waals surface area (Å²) in [5.74, 6) is 0.950. The molecular formula is C15H23NO2. The zero-order chi connectivity index (χ0) is 13.4. The van der Waals surface area contributed by atoms with Crippen molar-refractivity contribution in [2.75, 3.05) is 20.3 Å². The maximum Gasteiger partial charge on any atom is 0.122 e. The van der Waals surface area contributed by atoms with Crippen LogP contribution in [0.25, 0.3) is 0 Å². The quantitative estimate of drug-likeness (QED) is 0.890. The van der Waals surface area contributed by atoms with E-state index in [-0.39, 0.29) is 11.0 Å². The molecule has 2 N–H and O–H groups in total. The number of ether oxygens (including phenoxy) is 2. The Hall–Kier alpha value is -1.06. The Kier molecular flexibility index (Phi) is 3.39. The van der Waals surface area contributed by atoms with Gasteiger partial charge >= 0.3 is 0 Å². The molecule has 0 atom stereocenters. The van der Waals surface area contributed by atoms with Crippen LogP contribution in [-0.4, -0.2) is 25.9 Å². The molecule has 0 amide bonds. The molecule has 0 aliphatic carbocycles. The van der Waals surface area contributed by atoms with E-state index in [4.69, 9.17) is 15.2 Å². The molecule has 0 spiro atoms. The van der Waals surface area contributed by atoms with Crippen LogP contribution in [0.5, 0.6) is 5.75 Å². The first kappa shape index (κ1) is 13.4. The number of benzene rings is 1. The molecule has 1 aliphatic heterocycles. The third-order valence-corrected chi connectivity index (χ3v) is 4.14. The van der Waals surface area contributed by atoms with Crippen LogP contribution < -0.4 is 10.5 Å². The molecule has 0 unspecified atom stereocenters. The summed E-state index contributed by atoms with van der Waals surface area (Å²) in [6.07, 6.45) is 0.957. The fourth-order valence-electron chi connectivity index (χ4n) is 2.57. The smallest absolute Gasteiger partial charge is 0.122 e.